The van der Waals surface area contributed by atoms with Gasteiger partial charge >= 0.3 is 5.97 Å². The summed E-state index contributed by atoms with van der Waals surface area (Å²) in [7, 11) is 1.33. The molecule has 1 N–H and O–H groups in total. The highest BCUT2D eigenvalue weighted by Crippen LogP contribution is 2.29. The van der Waals surface area contributed by atoms with Gasteiger partial charge in [-0.2, -0.15) is 0 Å². The van der Waals surface area contributed by atoms with E-state index in [0.717, 1.165) is 6.33 Å². The first-order chi connectivity index (χ1) is 8.63. The number of aromatic nitrogens is 2. The number of carboxylic acid groups (broad SMARTS) is 1. The highest BCUT2D eigenvalue weighted by molar-refractivity contribution is 5.91. The van der Waals surface area contributed by atoms with Crippen LogP contribution in [0.15, 0.2) is 30.6 Å². The van der Waals surface area contributed by atoms with E-state index in [1.54, 1.807) is 0 Å². The van der Waals surface area contributed by atoms with Gasteiger partial charge in [-0.25, -0.2) is 19.2 Å². The fourth-order valence-corrected chi connectivity index (χ4v) is 1.53. The van der Waals surface area contributed by atoms with Gasteiger partial charge in [0, 0.05) is 5.56 Å². The topological polar surface area (TPSA) is 72.3 Å². The summed E-state index contributed by atoms with van der Waals surface area (Å²) >= 11 is 0. The minimum atomic E-state index is -1.21. The third-order valence-corrected chi connectivity index (χ3v) is 2.33. The standard InChI is InChI=1S/C12H9FN2O3/c1-18-11-9(7-2-4-8(13)5-3-7)14-6-15-10(11)12(16)17/h2-6H,1H3,(H,16,17). The third-order valence-electron chi connectivity index (χ3n) is 2.33. The van der Waals surface area contributed by atoms with Gasteiger partial charge in [0.15, 0.2) is 11.4 Å². The number of halogens is 1. The maximum atomic E-state index is 12.8. The summed E-state index contributed by atoms with van der Waals surface area (Å²) in [5, 5.41) is 8.98. The molecule has 0 spiro atoms. The van der Waals surface area contributed by atoms with E-state index in [9.17, 15) is 9.18 Å². The van der Waals surface area contributed by atoms with E-state index in [2.05, 4.69) is 9.97 Å². The molecule has 0 aliphatic carbocycles. The predicted molar refractivity (Wildman–Crippen MR) is 60.9 cm³/mol. The van der Waals surface area contributed by atoms with Crippen LogP contribution in [0.4, 0.5) is 4.39 Å². The van der Waals surface area contributed by atoms with Crippen LogP contribution in [0.2, 0.25) is 0 Å². The van der Waals surface area contributed by atoms with Gasteiger partial charge in [-0.05, 0) is 24.3 Å². The minimum absolute atomic E-state index is 0.0524. The van der Waals surface area contributed by atoms with Crippen LogP contribution in [-0.4, -0.2) is 28.2 Å². The molecule has 0 aliphatic heterocycles. The van der Waals surface area contributed by atoms with Gasteiger partial charge in [0.2, 0.25) is 0 Å². The van der Waals surface area contributed by atoms with Crippen molar-refractivity contribution in [3.8, 4) is 17.0 Å². The maximum absolute atomic E-state index is 12.8. The van der Waals surface area contributed by atoms with Crippen LogP contribution in [0.5, 0.6) is 5.75 Å². The second kappa shape index (κ2) is 4.79. The molecule has 0 fully saturated rings. The third kappa shape index (κ3) is 2.13. The van der Waals surface area contributed by atoms with Crippen LogP contribution in [0.25, 0.3) is 11.3 Å². The quantitative estimate of drug-likeness (QED) is 0.899. The van der Waals surface area contributed by atoms with E-state index < -0.39 is 5.97 Å². The van der Waals surface area contributed by atoms with Crippen molar-refractivity contribution in [2.24, 2.45) is 0 Å². The first-order valence-corrected chi connectivity index (χ1v) is 5.01. The summed E-state index contributed by atoms with van der Waals surface area (Å²) in [4.78, 5) is 18.6. The molecule has 5 nitrogen and oxygen atoms in total. The summed E-state index contributed by atoms with van der Waals surface area (Å²) in [6.45, 7) is 0. The van der Waals surface area contributed by atoms with Crippen molar-refractivity contribution in [3.63, 3.8) is 0 Å². The highest BCUT2D eigenvalue weighted by Gasteiger charge is 2.18. The van der Waals surface area contributed by atoms with E-state index in [-0.39, 0.29) is 17.3 Å². The molecule has 6 heteroatoms. The number of ether oxygens (including phenoxy) is 1. The normalized spacial score (nSPS) is 10.1. The number of carboxylic acids is 1. The molecule has 0 radical (unpaired) electrons. The van der Waals surface area contributed by atoms with Crippen LogP contribution in [-0.2, 0) is 0 Å². The number of benzene rings is 1. The Labute approximate surface area is 102 Å². The van der Waals surface area contributed by atoms with Crippen molar-refractivity contribution in [3.05, 3.63) is 42.1 Å². The van der Waals surface area contributed by atoms with Crippen molar-refractivity contribution in [2.45, 2.75) is 0 Å². The SMILES string of the molecule is COc1c(C(=O)O)ncnc1-c1ccc(F)cc1. The molecular weight excluding hydrogens is 239 g/mol. The lowest BCUT2D eigenvalue weighted by molar-refractivity contribution is 0.0686. The Morgan fingerprint density at radius 2 is 1.94 bits per heavy atom. The Morgan fingerprint density at radius 1 is 1.28 bits per heavy atom. The molecule has 0 saturated heterocycles. The van der Waals surface area contributed by atoms with Gasteiger partial charge in [-0.3, -0.25) is 0 Å². The Bertz CT molecular complexity index is 584. The average Bonchev–Trinajstić information content (AvgIpc) is 2.38. The second-order valence-electron chi connectivity index (χ2n) is 3.42. The summed E-state index contributed by atoms with van der Waals surface area (Å²) in [6, 6.07) is 5.51. The summed E-state index contributed by atoms with van der Waals surface area (Å²) in [5.41, 5.74) is 0.634. The molecule has 0 saturated carbocycles. The van der Waals surface area contributed by atoms with Crippen molar-refractivity contribution in [1.29, 1.82) is 0 Å². The van der Waals surface area contributed by atoms with E-state index in [4.69, 9.17) is 9.84 Å². The molecule has 2 aromatic rings. The molecule has 92 valence electrons. The van der Waals surface area contributed by atoms with Gasteiger partial charge < -0.3 is 9.84 Å². The first-order valence-electron chi connectivity index (χ1n) is 5.01. The lowest BCUT2D eigenvalue weighted by atomic mass is 10.1. The molecular formula is C12H9FN2O3. The highest BCUT2D eigenvalue weighted by atomic mass is 19.1. The summed E-state index contributed by atoms with van der Waals surface area (Å²) in [5.74, 6) is -1.54. The Kier molecular flexibility index (Phi) is 3.18. The Hall–Kier alpha value is -2.50. The van der Waals surface area contributed by atoms with Crippen LogP contribution < -0.4 is 4.74 Å². The van der Waals surface area contributed by atoms with Crippen LogP contribution in [0, 0.1) is 5.82 Å². The van der Waals surface area contributed by atoms with Crippen molar-refractivity contribution >= 4 is 5.97 Å². The summed E-state index contributed by atoms with van der Waals surface area (Å²) in [6.07, 6.45) is 1.13. The van der Waals surface area contributed by atoms with E-state index in [1.165, 1.54) is 31.4 Å². The molecule has 0 bridgehead atoms. The predicted octanol–water partition coefficient (Wildman–Crippen LogP) is 1.99. The van der Waals surface area contributed by atoms with E-state index in [0.29, 0.717) is 11.3 Å². The number of methoxy groups -OCH3 is 1. The van der Waals surface area contributed by atoms with Crippen LogP contribution >= 0.6 is 0 Å². The number of carbonyl (C=O) groups is 1. The monoisotopic (exact) mass is 248 g/mol. The maximum Gasteiger partial charge on any atom is 0.358 e. The molecule has 2 rings (SSSR count). The van der Waals surface area contributed by atoms with Gasteiger partial charge in [-0.1, -0.05) is 0 Å². The second-order valence-corrected chi connectivity index (χ2v) is 3.42. The molecule has 0 atom stereocenters. The molecule has 0 amide bonds. The van der Waals surface area contributed by atoms with Gasteiger partial charge in [0.05, 0.1) is 7.11 Å². The summed E-state index contributed by atoms with van der Waals surface area (Å²) < 4.78 is 17.9. The Morgan fingerprint density at radius 3 is 2.50 bits per heavy atom. The van der Waals surface area contributed by atoms with E-state index >= 15 is 0 Å². The molecule has 0 unspecified atom stereocenters. The zero-order chi connectivity index (χ0) is 13.1. The average molecular weight is 248 g/mol. The number of hydrogen-bond acceptors (Lipinski definition) is 4. The molecule has 1 aromatic heterocycles. The largest absolute Gasteiger partial charge is 0.492 e. The fourth-order valence-electron chi connectivity index (χ4n) is 1.53. The smallest absolute Gasteiger partial charge is 0.358 e. The van der Waals surface area contributed by atoms with Crippen molar-refractivity contribution in [2.75, 3.05) is 7.11 Å². The number of rotatable bonds is 3. The fraction of sp³-hybridized carbons (Fsp3) is 0.0833. The Balaban J connectivity index is 2.60. The van der Waals surface area contributed by atoms with Gasteiger partial charge in [0.1, 0.15) is 17.8 Å². The zero-order valence-corrected chi connectivity index (χ0v) is 9.42. The lowest BCUT2D eigenvalue weighted by Crippen LogP contribution is -2.06. The lowest BCUT2D eigenvalue weighted by Gasteiger charge is -2.09. The first kappa shape index (κ1) is 12.0. The molecule has 1 heterocycles. The van der Waals surface area contributed by atoms with Crippen LogP contribution in [0.3, 0.4) is 0 Å². The van der Waals surface area contributed by atoms with E-state index in [1.807, 2.05) is 0 Å². The zero-order valence-electron chi connectivity index (χ0n) is 9.42. The number of hydrogen-bond donors (Lipinski definition) is 1. The number of aromatic carboxylic acids is 1. The van der Waals surface area contributed by atoms with Crippen LogP contribution in [0.1, 0.15) is 10.5 Å². The van der Waals surface area contributed by atoms with Gasteiger partial charge in [0.25, 0.3) is 0 Å². The van der Waals surface area contributed by atoms with Gasteiger partial charge in [-0.15, -0.1) is 0 Å². The molecule has 1 aromatic carbocycles. The van der Waals surface area contributed by atoms with Crippen molar-refractivity contribution in [1.82, 2.24) is 9.97 Å². The number of nitrogens with zero attached hydrogens (tertiary/aromatic N) is 2. The minimum Gasteiger partial charge on any atom is -0.492 e. The van der Waals surface area contributed by atoms with Crippen molar-refractivity contribution < 1.29 is 19.0 Å². The molecule has 0 aliphatic rings. The molecule has 18 heavy (non-hydrogen) atoms.